The van der Waals surface area contributed by atoms with Gasteiger partial charge in [0.2, 0.25) is 5.69 Å². The highest BCUT2D eigenvalue weighted by molar-refractivity contribution is 6.42. The Balaban J connectivity index is 2.01. The Kier molecular flexibility index (Phi) is 5.27. The number of hydrogen-bond acceptors (Lipinski definition) is 5. The molecule has 0 spiro atoms. The van der Waals surface area contributed by atoms with Crippen LogP contribution in [0.15, 0.2) is 29.1 Å². The number of ether oxygens (including phenoxy) is 1. The summed E-state index contributed by atoms with van der Waals surface area (Å²) in [6.07, 6.45) is 1.31. The lowest BCUT2D eigenvalue weighted by Crippen LogP contribution is -2.35. The third-order valence-electron chi connectivity index (χ3n) is 3.83. The fourth-order valence-electron chi connectivity index (χ4n) is 2.57. The van der Waals surface area contributed by atoms with Crippen molar-refractivity contribution in [2.24, 2.45) is 0 Å². The monoisotopic (exact) mass is 383 g/mol. The van der Waals surface area contributed by atoms with E-state index in [9.17, 15) is 14.7 Å². The van der Waals surface area contributed by atoms with Crippen LogP contribution in [0.25, 0.3) is 5.69 Å². The minimum absolute atomic E-state index is 0.0271. The van der Waals surface area contributed by atoms with E-state index >= 15 is 0 Å². The summed E-state index contributed by atoms with van der Waals surface area (Å²) in [4.78, 5) is 24.0. The molecule has 25 heavy (non-hydrogen) atoms. The standard InChI is InChI=1S/C16H15Cl2N3O4/c17-11-2-1-9(7-12(11)18)21-14(22)8-13(15(20-21)16(23)24)25-10-3-5-19-6-4-10/h1-2,7-8,10,19H,3-6H2,(H,23,24). The Hall–Kier alpha value is -2.09. The van der Waals surface area contributed by atoms with Crippen molar-refractivity contribution in [3.63, 3.8) is 0 Å². The molecule has 0 atom stereocenters. The molecule has 0 aliphatic carbocycles. The molecule has 1 aliphatic heterocycles. The quantitative estimate of drug-likeness (QED) is 0.841. The van der Waals surface area contributed by atoms with Crippen LogP contribution in [0.5, 0.6) is 5.75 Å². The number of halogens is 2. The molecule has 1 fully saturated rings. The number of nitrogens with zero attached hydrogens (tertiary/aromatic N) is 2. The predicted molar refractivity (Wildman–Crippen MR) is 93.3 cm³/mol. The van der Waals surface area contributed by atoms with Crippen LogP contribution in [0.3, 0.4) is 0 Å². The van der Waals surface area contributed by atoms with Crippen molar-refractivity contribution in [1.29, 1.82) is 0 Å². The van der Waals surface area contributed by atoms with Gasteiger partial charge in [0.1, 0.15) is 6.10 Å². The smallest absolute Gasteiger partial charge is 0.360 e. The summed E-state index contributed by atoms with van der Waals surface area (Å²) in [6.45, 7) is 1.56. The van der Waals surface area contributed by atoms with Crippen molar-refractivity contribution in [3.8, 4) is 11.4 Å². The molecule has 2 N–H and O–H groups in total. The number of benzene rings is 1. The minimum atomic E-state index is -1.28. The van der Waals surface area contributed by atoms with Gasteiger partial charge in [-0.05, 0) is 44.1 Å². The molecule has 0 bridgehead atoms. The van der Waals surface area contributed by atoms with Crippen LogP contribution < -0.4 is 15.6 Å². The van der Waals surface area contributed by atoms with E-state index in [1.165, 1.54) is 18.2 Å². The van der Waals surface area contributed by atoms with Gasteiger partial charge in [-0.3, -0.25) is 4.79 Å². The van der Waals surface area contributed by atoms with Crippen molar-refractivity contribution in [2.45, 2.75) is 18.9 Å². The van der Waals surface area contributed by atoms with Gasteiger partial charge in [-0.25, -0.2) is 4.79 Å². The normalized spacial score (nSPS) is 15.1. The Morgan fingerprint density at radius 3 is 2.60 bits per heavy atom. The fraction of sp³-hybridized carbons (Fsp3) is 0.312. The third-order valence-corrected chi connectivity index (χ3v) is 4.57. The van der Waals surface area contributed by atoms with Crippen molar-refractivity contribution < 1.29 is 14.6 Å². The first-order valence-corrected chi connectivity index (χ1v) is 8.42. The largest absolute Gasteiger partial charge is 0.487 e. The number of aromatic nitrogens is 2. The summed E-state index contributed by atoms with van der Waals surface area (Å²) < 4.78 is 6.68. The van der Waals surface area contributed by atoms with Crippen LogP contribution in [0.4, 0.5) is 0 Å². The van der Waals surface area contributed by atoms with Crippen LogP contribution in [0.1, 0.15) is 23.3 Å². The number of hydrogen-bond donors (Lipinski definition) is 2. The molecule has 9 heteroatoms. The summed E-state index contributed by atoms with van der Waals surface area (Å²) in [7, 11) is 0. The molecule has 1 aromatic heterocycles. The third kappa shape index (κ3) is 3.95. The molecule has 7 nitrogen and oxygen atoms in total. The first kappa shape index (κ1) is 17.7. The molecule has 0 unspecified atom stereocenters. The second-order valence-electron chi connectivity index (χ2n) is 5.58. The molecule has 2 aromatic rings. The summed E-state index contributed by atoms with van der Waals surface area (Å²) >= 11 is 11.8. The number of nitrogens with one attached hydrogen (secondary N) is 1. The van der Waals surface area contributed by atoms with Crippen LogP contribution in [-0.4, -0.2) is 40.0 Å². The molecule has 0 radical (unpaired) electrons. The maximum atomic E-state index is 12.4. The van der Waals surface area contributed by atoms with E-state index in [0.29, 0.717) is 10.7 Å². The van der Waals surface area contributed by atoms with Gasteiger partial charge in [-0.1, -0.05) is 23.2 Å². The summed E-state index contributed by atoms with van der Waals surface area (Å²) in [5.41, 5.74) is -0.535. The number of rotatable bonds is 4. The molecule has 0 amide bonds. The number of piperidine rings is 1. The predicted octanol–water partition coefficient (Wildman–Crippen LogP) is 2.37. The summed E-state index contributed by atoms with van der Waals surface area (Å²) in [5.74, 6) is -1.31. The number of carbonyl (C=O) groups is 1. The second kappa shape index (κ2) is 7.43. The summed E-state index contributed by atoms with van der Waals surface area (Å²) in [6, 6.07) is 5.62. The Morgan fingerprint density at radius 2 is 1.96 bits per heavy atom. The molecule has 0 saturated carbocycles. The highest BCUT2D eigenvalue weighted by Crippen LogP contribution is 2.24. The topological polar surface area (TPSA) is 93.5 Å². The second-order valence-corrected chi connectivity index (χ2v) is 6.39. The molecule has 1 aromatic carbocycles. The van der Waals surface area contributed by atoms with E-state index < -0.39 is 11.5 Å². The molecule has 1 saturated heterocycles. The van der Waals surface area contributed by atoms with Crippen molar-refractivity contribution in [3.05, 3.63) is 50.4 Å². The zero-order valence-electron chi connectivity index (χ0n) is 13.0. The highest BCUT2D eigenvalue weighted by Gasteiger charge is 2.22. The van der Waals surface area contributed by atoms with E-state index in [4.69, 9.17) is 27.9 Å². The van der Waals surface area contributed by atoms with Gasteiger partial charge in [0.15, 0.2) is 5.75 Å². The fourth-order valence-corrected chi connectivity index (χ4v) is 2.87. The van der Waals surface area contributed by atoms with Crippen LogP contribution in [0, 0.1) is 0 Å². The van der Waals surface area contributed by atoms with E-state index in [1.54, 1.807) is 0 Å². The van der Waals surface area contributed by atoms with Gasteiger partial charge in [0.25, 0.3) is 5.56 Å². The Labute approximate surface area is 153 Å². The molecule has 2 heterocycles. The maximum absolute atomic E-state index is 12.4. The van der Waals surface area contributed by atoms with Gasteiger partial charge in [-0.15, -0.1) is 0 Å². The van der Waals surface area contributed by atoms with Crippen molar-refractivity contribution in [2.75, 3.05) is 13.1 Å². The Bertz CT molecular complexity index is 863. The van der Waals surface area contributed by atoms with E-state index in [0.717, 1.165) is 36.7 Å². The van der Waals surface area contributed by atoms with Gasteiger partial charge >= 0.3 is 5.97 Å². The lowest BCUT2D eigenvalue weighted by Gasteiger charge is -2.24. The molecular weight excluding hydrogens is 369 g/mol. The van der Waals surface area contributed by atoms with E-state index in [-0.39, 0.29) is 22.6 Å². The van der Waals surface area contributed by atoms with Crippen LogP contribution >= 0.6 is 23.2 Å². The van der Waals surface area contributed by atoms with Gasteiger partial charge in [0.05, 0.1) is 21.8 Å². The lowest BCUT2D eigenvalue weighted by molar-refractivity contribution is 0.0676. The van der Waals surface area contributed by atoms with Crippen LogP contribution in [-0.2, 0) is 0 Å². The maximum Gasteiger partial charge on any atom is 0.360 e. The molecule has 1 aliphatic rings. The molecular formula is C16H15Cl2N3O4. The Morgan fingerprint density at radius 1 is 1.24 bits per heavy atom. The number of carboxylic acid groups (broad SMARTS) is 1. The zero-order chi connectivity index (χ0) is 18.0. The first-order valence-electron chi connectivity index (χ1n) is 7.66. The van der Waals surface area contributed by atoms with Gasteiger partial charge in [-0.2, -0.15) is 9.78 Å². The molecule has 132 valence electrons. The zero-order valence-corrected chi connectivity index (χ0v) is 14.5. The average Bonchev–Trinajstić information content (AvgIpc) is 2.58. The summed E-state index contributed by atoms with van der Waals surface area (Å²) in [5, 5.41) is 17.1. The average molecular weight is 384 g/mol. The highest BCUT2D eigenvalue weighted by atomic mass is 35.5. The lowest BCUT2D eigenvalue weighted by atomic mass is 10.1. The van der Waals surface area contributed by atoms with Gasteiger partial charge in [0, 0.05) is 0 Å². The SMILES string of the molecule is O=C(O)c1nn(-c2ccc(Cl)c(Cl)c2)c(=O)cc1OC1CCNCC1. The van der Waals surface area contributed by atoms with Crippen molar-refractivity contribution in [1.82, 2.24) is 15.1 Å². The van der Waals surface area contributed by atoms with E-state index in [2.05, 4.69) is 10.4 Å². The van der Waals surface area contributed by atoms with E-state index in [1.807, 2.05) is 0 Å². The van der Waals surface area contributed by atoms with Gasteiger partial charge < -0.3 is 15.2 Å². The minimum Gasteiger partial charge on any atom is -0.487 e. The number of aromatic carboxylic acids is 1. The molecule has 3 rings (SSSR count). The number of carboxylic acids is 1. The first-order chi connectivity index (χ1) is 12.0. The van der Waals surface area contributed by atoms with Crippen LogP contribution in [0.2, 0.25) is 10.0 Å². The van der Waals surface area contributed by atoms with Crippen molar-refractivity contribution >= 4 is 29.2 Å².